The summed E-state index contributed by atoms with van der Waals surface area (Å²) < 4.78 is 5.76. The van der Waals surface area contributed by atoms with E-state index in [1.165, 1.54) is 0 Å². The van der Waals surface area contributed by atoms with Crippen LogP contribution in [0.15, 0.2) is 48.5 Å². The molecule has 0 spiro atoms. The summed E-state index contributed by atoms with van der Waals surface area (Å²) in [6.07, 6.45) is -2.43. The molecule has 2 fully saturated rings. The number of aliphatic carboxylic acids is 4. The van der Waals surface area contributed by atoms with Crippen molar-refractivity contribution in [3.05, 3.63) is 59.7 Å². The molecule has 2 aromatic carbocycles. The lowest BCUT2D eigenvalue weighted by Gasteiger charge is -2.36. The second-order valence-electron chi connectivity index (χ2n) is 12.8. The molecule has 0 aromatic heterocycles. The number of hydrogen-bond donors (Lipinski definition) is 5. The van der Waals surface area contributed by atoms with E-state index in [0.29, 0.717) is 0 Å². The first-order valence-corrected chi connectivity index (χ1v) is 16.5. The molecule has 16 nitrogen and oxygen atoms in total. The summed E-state index contributed by atoms with van der Waals surface area (Å²) in [5, 5.41) is 50.0. The molecule has 1 aliphatic carbocycles. The molecule has 0 bridgehead atoms. The number of carbonyl (C=O) groups is 5. The maximum atomic E-state index is 13.6. The van der Waals surface area contributed by atoms with Crippen molar-refractivity contribution in [1.29, 1.82) is 0 Å². The van der Waals surface area contributed by atoms with Crippen LogP contribution in [0.2, 0.25) is 0 Å². The summed E-state index contributed by atoms with van der Waals surface area (Å²) >= 11 is 0. The van der Waals surface area contributed by atoms with E-state index in [-0.39, 0.29) is 91.1 Å². The average molecular weight is 698 g/mol. The SMILES string of the molecule is O=C(O)CN1CCN(CC(=O)O)CCN([C@@H]2CN(C(=O)OCC3c4ccccc4-c4ccccc43)C(C(=O)O)[C@H]2O)CCN(CC(=O)O)CC1. The number of fused-ring (bicyclic) bond motifs is 3. The molecule has 2 heterocycles. The standard InChI is InChI=1S/C34H43N5O11/c40-28(41)18-35-9-11-36(19-29(42)43)13-15-38(16-14-37(12-10-35)20-30(44)45)27-17-39(31(32(27)46)33(47)48)34(49)50-21-26-24-7-3-1-5-22(24)23-6-2-4-8-25(23)26/h1-8,26-27,31-32,46H,9-21H2,(H,40,41)(H,42,43)(H,44,45)(H,47,48)/t27-,31?,32+/m1/s1. The van der Waals surface area contributed by atoms with Crippen molar-refractivity contribution in [2.75, 3.05) is 85.1 Å². The molecule has 50 heavy (non-hydrogen) atoms. The van der Waals surface area contributed by atoms with E-state index in [4.69, 9.17) is 4.74 Å². The lowest BCUT2D eigenvalue weighted by Crippen LogP contribution is -2.53. The number of hydrogen-bond acceptors (Lipinski definition) is 11. The summed E-state index contributed by atoms with van der Waals surface area (Å²) in [7, 11) is 0. The normalized spacial score (nSPS) is 23.0. The third-order valence-corrected chi connectivity index (χ3v) is 9.68. The Morgan fingerprint density at radius 2 is 1.06 bits per heavy atom. The molecule has 2 saturated heterocycles. The number of rotatable bonds is 10. The summed E-state index contributed by atoms with van der Waals surface area (Å²) in [5.41, 5.74) is 4.03. The van der Waals surface area contributed by atoms with Crippen molar-refractivity contribution < 1.29 is 54.2 Å². The van der Waals surface area contributed by atoms with Crippen LogP contribution in [0.4, 0.5) is 4.79 Å². The minimum Gasteiger partial charge on any atom is -0.480 e. The predicted octanol–water partition coefficient (Wildman–Crippen LogP) is -0.0908. The zero-order valence-corrected chi connectivity index (χ0v) is 27.5. The van der Waals surface area contributed by atoms with Crippen molar-refractivity contribution in [1.82, 2.24) is 24.5 Å². The molecule has 270 valence electrons. The van der Waals surface area contributed by atoms with Gasteiger partial charge in [-0.3, -0.25) is 38.9 Å². The largest absolute Gasteiger partial charge is 0.480 e. The van der Waals surface area contributed by atoms with Crippen LogP contribution in [0, 0.1) is 0 Å². The zero-order chi connectivity index (χ0) is 35.9. The second-order valence-corrected chi connectivity index (χ2v) is 12.8. The maximum absolute atomic E-state index is 13.6. The van der Waals surface area contributed by atoms with Gasteiger partial charge in [-0.15, -0.1) is 0 Å². The van der Waals surface area contributed by atoms with Crippen LogP contribution >= 0.6 is 0 Å². The van der Waals surface area contributed by atoms with Gasteiger partial charge in [-0.05, 0) is 22.3 Å². The molecule has 16 heteroatoms. The van der Waals surface area contributed by atoms with Crippen LogP contribution in [0.5, 0.6) is 0 Å². The van der Waals surface area contributed by atoms with Gasteiger partial charge in [0.15, 0.2) is 6.04 Å². The Hall–Kier alpha value is -4.61. The number of aliphatic hydroxyl groups is 1. The Morgan fingerprint density at radius 1 is 0.640 bits per heavy atom. The number of benzene rings is 2. The van der Waals surface area contributed by atoms with Crippen molar-refractivity contribution in [3.63, 3.8) is 0 Å². The first-order chi connectivity index (χ1) is 23.9. The van der Waals surface area contributed by atoms with Crippen molar-refractivity contribution >= 4 is 30.0 Å². The van der Waals surface area contributed by atoms with Crippen LogP contribution in [-0.4, -0.2) is 183 Å². The number of likely N-dealkylation sites (tertiary alicyclic amines) is 1. The predicted molar refractivity (Wildman–Crippen MR) is 177 cm³/mol. The van der Waals surface area contributed by atoms with Crippen LogP contribution in [0.1, 0.15) is 17.0 Å². The van der Waals surface area contributed by atoms with E-state index in [1.54, 1.807) is 19.6 Å². The first-order valence-electron chi connectivity index (χ1n) is 16.5. The minimum atomic E-state index is -1.62. The Morgan fingerprint density at radius 3 is 1.48 bits per heavy atom. The summed E-state index contributed by atoms with van der Waals surface area (Å²) in [6, 6.07) is 13.1. The molecule has 5 rings (SSSR count). The highest BCUT2D eigenvalue weighted by Crippen LogP contribution is 2.44. The number of carboxylic acids is 4. The van der Waals surface area contributed by atoms with Gasteiger partial charge in [0.25, 0.3) is 0 Å². The zero-order valence-electron chi connectivity index (χ0n) is 27.5. The molecule has 0 radical (unpaired) electrons. The van der Waals surface area contributed by atoms with Gasteiger partial charge in [-0.1, -0.05) is 48.5 Å². The fourth-order valence-electron chi connectivity index (χ4n) is 7.23. The monoisotopic (exact) mass is 697 g/mol. The summed E-state index contributed by atoms with van der Waals surface area (Å²) in [5.74, 6) is -4.92. The number of aliphatic hydroxyl groups excluding tert-OH is 1. The van der Waals surface area contributed by atoms with E-state index >= 15 is 0 Å². The molecule has 2 aliphatic heterocycles. The summed E-state index contributed by atoms with van der Waals surface area (Å²) in [6.45, 7) is 0.235. The number of ether oxygens (including phenoxy) is 1. The van der Waals surface area contributed by atoms with Gasteiger partial charge in [0.05, 0.1) is 25.7 Å². The highest BCUT2D eigenvalue weighted by Gasteiger charge is 2.50. The summed E-state index contributed by atoms with van der Waals surface area (Å²) in [4.78, 5) is 68.5. The van der Waals surface area contributed by atoms with Gasteiger partial charge in [-0.2, -0.15) is 0 Å². The molecule has 3 aliphatic rings. The van der Waals surface area contributed by atoms with Crippen LogP contribution in [-0.2, 0) is 23.9 Å². The molecule has 5 N–H and O–H groups in total. The lowest BCUT2D eigenvalue weighted by atomic mass is 9.98. The van der Waals surface area contributed by atoms with E-state index in [9.17, 15) is 49.5 Å². The molecule has 0 saturated carbocycles. The highest BCUT2D eigenvalue weighted by atomic mass is 16.6. The fraction of sp³-hybridized carbons (Fsp3) is 0.500. The Bertz CT molecular complexity index is 1500. The molecular formula is C34H43N5O11. The number of carboxylic acid groups (broad SMARTS) is 4. The van der Waals surface area contributed by atoms with Crippen LogP contribution in [0.3, 0.4) is 0 Å². The molecule has 3 atom stereocenters. The van der Waals surface area contributed by atoms with Crippen molar-refractivity contribution in [2.45, 2.75) is 24.1 Å². The van der Waals surface area contributed by atoms with Gasteiger partial charge < -0.3 is 30.3 Å². The molecule has 1 amide bonds. The Labute approximate surface area is 288 Å². The minimum absolute atomic E-state index is 0.0482. The second kappa shape index (κ2) is 16.4. The fourth-order valence-corrected chi connectivity index (χ4v) is 7.23. The lowest BCUT2D eigenvalue weighted by molar-refractivity contribution is -0.145. The number of carbonyl (C=O) groups excluding carboxylic acids is 1. The highest BCUT2D eigenvalue weighted by molar-refractivity contribution is 5.82. The number of nitrogens with zero attached hydrogens (tertiary/aromatic N) is 5. The first kappa shape index (κ1) is 36.7. The Balaban J connectivity index is 1.34. The van der Waals surface area contributed by atoms with E-state index < -0.39 is 48.2 Å². The van der Waals surface area contributed by atoms with E-state index in [1.807, 2.05) is 48.5 Å². The number of amides is 1. The topological polar surface area (TPSA) is 212 Å². The van der Waals surface area contributed by atoms with Gasteiger partial charge >= 0.3 is 30.0 Å². The van der Waals surface area contributed by atoms with Gasteiger partial charge in [0.2, 0.25) is 0 Å². The third-order valence-electron chi connectivity index (χ3n) is 9.68. The smallest absolute Gasteiger partial charge is 0.410 e. The van der Waals surface area contributed by atoms with Gasteiger partial charge in [-0.25, -0.2) is 9.59 Å². The Kier molecular flexibility index (Phi) is 12.0. The van der Waals surface area contributed by atoms with E-state index in [2.05, 4.69) is 0 Å². The maximum Gasteiger partial charge on any atom is 0.410 e. The average Bonchev–Trinajstić information content (AvgIpc) is 3.58. The molecule has 2 aromatic rings. The van der Waals surface area contributed by atoms with Crippen LogP contribution in [0.25, 0.3) is 11.1 Å². The molecule has 1 unspecified atom stereocenters. The molecular weight excluding hydrogens is 654 g/mol. The quantitative estimate of drug-likeness (QED) is 0.220. The third kappa shape index (κ3) is 8.75. The van der Waals surface area contributed by atoms with E-state index in [0.717, 1.165) is 27.2 Å². The van der Waals surface area contributed by atoms with Crippen molar-refractivity contribution in [2.24, 2.45) is 0 Å². The van der Waals surface area contributed by atoms with Gasteiger partial charge in [0.1, 0.15) is 12.7 Å². The van der Waals surface area contributed by atoms with Crippen LogP contribution < -0.4 is 0 Å². The van der Waals surface area contributed by atoms with Crippen molar-refractivity contribution in [3.8, 4) is 11.1 Å². The van der Waals surface area contributed by atoms with Gasteiger partial charge in [0, 0.05) is 64.8 Å².